The molecule has 0 heterocycles. The Balaban J connectivity index is 1.18. The molecule has 0 radical (unpaired) electrons. The van der Waals surface area contributed by atoms with E-state index >= 15 is 0 Å². The van der Waals surface area contributed by atoms with E-state index < -0.39 is 0 Å². The fourth-order valence-corrected chi connectivity index (χ4v) is 10.8. The van der Waals surface area contributed by atoms with Crippen LogP contribution < -0.4 is 0 Å². The maximum Gasteiger partial charge on any atom is -0.000741 e. The third-order valence-electron chi connectivity index (χ3n) is 13.1. The first kappa shape index (κ1) is 33.2. The van der Waals surface area contributed by atoms with E-state index in [4.69, 9.17) is 0 Å². The molecule has 0 heteroatoms. The number of hydrogen-bond acceptors (Lipinski definition) is 0. The summed E-state index contributed by atoms with van der Waals surface area (Å²) in [7, 11) is 0. The summed E-state index contributed by atoms with van der Waals surface area (Å²) in [6, 6.07) is 81.2. The molecule has 0 N–H and O–H groups in total. The number of hydrogen-bond donors (Lipinski definition) is 0. The van der Waals surface area contributed by atoms with Crippen molar-refractivity contribution in [3.05, 3.63) is 218 Å². The summed E-state index contributed by atoms with van der Waals surface area (Å²) in [6.07, 6.45) is 0. The molecular weight excluding hydrogens is 721 g/mol. The smallest absolute Gasteiger partial charge is 0.000741 e. The molecule has 0 amide bonds. The third kappa shape index (κ3) is 4.62. The molecule has 13 rings (SSSR count). The Kier molecular flexibility index (Phi) is 7.11. The zero-order chi connectivity index (χ0) is 39.3. The van der Waals surface area contributed by atoms with Crippen LogP contribution in [0.5, 0.6) is 0 Å². The predicted molar refractivity (Wildman–Crippen MR) is 255 cm³/mol. The molecule has 11 aromatic carbocycles. The second kappa shape index (κ2) is 12.9. The van der Waals surface area contributed by atoms with Gasteiger partial charge in [0.2, 0.25) is 0 Å². The molecule has 0 spiro atoms. The maximum absolute atomic E-state index is 2.51. The first-order chi connectivity index (χ1) is 29.8. The minimum atomic E-state index is 1.23. The molecule has 0 aromatic heterocycles. The van der Waals surface area contributed by atoms with E-state index in [9.17, 15) is 0 Å². The molecule has 0 bridgehead atoms. The van der Waals surface area contributed by atoms with Crippen molar-refractivity contribution in [1.82, 2.24) is 0 Å². The molecule has 0 atom stereocenters. The van der Waals surface area contributed by atoms with E-state index in [1.807, 2.05) is 0 Å². The van der Waals surface area contributed by atoms with Crippen molar-refractivity contribution >= 4 is 32.3 Å². The summed E-state index contributed by atoms with van der Waals surface area (Å²) in [5.74, 6) is 0. The van der Waals surface area contributed by atoms with Crippen LogP contribution in [0.2, 0.25) is 0 Å². The van der Waals surface area contributed by atoms with Crippen LogP contribution in [0.25, 0.3) is 132 Å². The maximum atomic E-state index is 2.51. The zero-order valence-electron chi connectivity index (χ0n) is 32.8. The highest BCUT2D eigenvalue weighted by Gasteiger charge is 2.34. The highest BCUT2D eigenvalue weighted by atomic mass is 14.4. The van der Waals surface area contributed by atoms with Crippen LogP contribution >= 0.6 is 0 Å². The van der Waals surface area contributed by atoms with Crippen LogP contribution in [0.4, 0.5) is 0 Å². The van der Waals surface area contributed by atoms with E-state index in [1.165, 1.54) is 132 Å². The molecule has 0 aliphatic heterocycles. The summed E-state index contributed by atoms with van der Waals surface area (Å²) in [4.78, 5) is 0. The monoisotopic (exact) mass is 756 g/mol. The minimum absolute atomic E-state index is 1.23. The van der Waals surface area contributed by atoms with Gasteiger partial charge in [-0.25, -0.2) is 0 Å². The van der Waals surface area contributed by atoms with Gasteiger partial charge in [-0.3, -0.25) is 0 Å². The van der Waals surface area contributed by atoms with Crippen molar-refractivity contribution in [2.24, 2.45) is 0 Å². The standard InChI is InChI=1S/C60H36/c1-5-18-37(19-6-1)50-36-51(55(41-24-11-4-12-25-41)58-47-32-16-27-38-26-15-31-46(52(38)47)57(50)58)42-34-35-49-56-43(42)30-17-33-48(56)59-53(39-20-7-2-8-21-39)44-28-13-14-29-45(44)54(60(49)59)40-22-9-3-10-23-40/h1-36H. The first-order valence-electron chi connectivity index (χ1n) is 20.9. The molecule has 0 saturated heterocycles. The largest absolute Gasteiger partial charge is 0.0622 e. The molecule has 0 fully saturated rings. The van der Waals surface area contributed by atoms with Crippen molar-refractivity contribution in [2.45, 2.75) is 0 Å². The van der Waals surface area contributed by atoms with Crippen LogP contribution in [0.1, 0.15) is 0 Å². The van der Waals surface area contributed by atoms with Crippen molar-refractivity contribution in [3.8, 4) is 100 Å². The van der Waals surface area contributed by atoms with Gasteiger partial charge in [0.25, 0.3) is 0 Å². The summed E-state index contributed by atoms with van der Waals surface area (Å²) >= 11 is 0. The lowest BCUT2D eigenvalue weighted by molar-refractivity contribution is 1.58. The van der Waals surface area contributed by atoms with Gasteiger partial charge in [-0.2, -0.15) is 0 Å². The van der Waals surface area contributed by atoms with Gasteiger partial charge in [0.1, 0.15) is 0 Å². The van der Waals surface area contributed by atoms with Crippen molar-refractivity contribution < 1.29 is 0 Å². The summed E-state index contributed by atoms with van der Waals surface area (Å²) in [5, 5.41) is 7.76. The Morgan fingerprint density at radius 1 is 0.183 bits per heavy atom. The Labute approximate surface area is 349 Å². The third-order valence-corrected chi connectivity index (χ3v) is 13.1. The van der Waals surface area contributed by atoms with Crippen LogP contribution in [0.15, 0.2) is 218 Å². The highest BCUT2D eigenvalue weighted by molar-refractivity contribution is 6.30. The molecule has 0 saturated carbocycles. The first-order valence-corrected chi connectivity index (χ1v) is 20.9. The molecule has 276 valence electrons. The van der Waals surface area contributed by atoms with Crippen molar-refractivity contribution in [3.63, 3.8) is 0 Å². The summed E-state index contributed by atoms with van der Waals surface area (Å²) in [5.41, 5.74) is 23.1. The Morgan fingerprint density at radius 3 is 1.15 bits per heavy atom. The molecule has 60 heavy (non-hydrogen) atoms. The van der Waals surface area contributed by atoms with E-state index in [-0.39, 0.29) is 0 Å². The van der Waals surface area contributed by atoms with Crippen LogP contribution in [0, 0.1) is 0 Å². The van der Waals surface area contributed by atoms with Gasteiger partial charge >= 0.3 is 0 Å². The normalized spacial score (nSPS) is 12.0. The van der Waals surface area contributed by atoms with Gasteiger partial charge < -0.3 is 0 Å². The van der Waals surface area contributed by atoms with Crippen molar-refractivity contribution in [1.29, 1.82) is 0 Å². The average Bonchev–Trinajstić information content (AvgIpc) is 3.84. The lowest BCUT2D eigenvalue weighted by Crippen LogP contribution is -1.95. The van der Waals surface area contributed by atoms with Gasteiger partial charge in [-0.1, -0.05) is 212 Å². The highest BCUT2D eigenvalue weighted by Crippen LogP contribution is 2.61. The lowest BCUT2D eigenvalue weighted by atomic mass is 9.81. The van der Waals surface area contributed by atoms with E-state index in [0.717, 1.165) is 0 Å². The average molecular weight is 757 g/mol. The molecule has 2 aliphatic carbocycles. The Bertz CT molecular complexity index is 3450. The Morgan fingerprint density at radius 2 is 0.583 bits per heavy atom. The van der Waals surface area contributed by atoms with Crippen LogP contribution in [0.3, 0.4) is 0 Å². The summed E-state index contributed by atoms with van der Waals surface area (Å²) < 4.78 is 0. The molecule has 0 unspecified atom stereocenters. The van der Waals surface area contributed by atoms with E-state index in [0.29, 0.717) is 0 Å². The van der Waals surface area contributed by atoms with Crippen LogP contribution in [-0.2, 0) is 0 Å². The van der Waals surface area contributed by atoms with Gasteiger partial charge in [0, 0.05) is 0 Å². The van der Waals surface area contributed by atoms with Gasteiger partial charge in [0.15, 0.2) is 0 Å². The Hall–Kier alpha value is -7.80. The fourth-order valence-electron chi connectivity index (χ4n) is 10.8. The topological polar surface area (TPSA) is 0 Å². The van der Waals surface area contributed by atoms with Gasteiger partial charge in [-0.05, 0) is 139 Å². The molecule has 2 aliphatic rings. The number of rotatable bonds is 5. The molecule has 0 nitrogen and oxygen atoms in total. The van der Waals surface area contributed by atoms with Crippen LogP contribution in [-0.4, -0.2) is 0 Å². The van der Waals surface area contributed by atoms with E-state index in [1.54, 1.807) is 0 Å². The quantitative estimate of drug-likeness (QED) is 0.164. The molecular formula is C60H36. The van der Waals surface area contributed by atoms with E-state index in [2.05, 4.69) is 218 Å². The zero-order valence-corrected chi connectivity index (χ0v) is 32.8. The minimum Gasteiger partial charge on any atom is -0.0622 e. The second-order valence-corrected chi connectivity index (χ2v) is 16.2. The molecule has 11 aromatic rings. The fraction of sp³-hybridized carbons (Fsp3) is 0. The number of fused-ring (bicyclic) bond motifs is 7. The van der Waals surface area contributed by atoms with Crippen molar-refractivity contribution in [2.75, 3.05) is 0 Å². The van der Waals surface area contributed by atoms with Gasteiger partial charge in [0.05, 0.1) is 0 Å². The lowest BCUT2D eigenvalue weighted by Gasteiger charge is -2.22. The SMILES string of the molecule is c1ccc(-c2cc(-c3ccc4c5c(cccc35)-c3c-4c(-c4ccccc4)c4ccccc4c3-c3ccccc3)c(-c3ccccc3)c3c2-c2cccc4cccc-3c24)cc1. The van der Waals surface area contributed by atoms with Gasteiger partial charge in [-0.15, -0.1) is 0 Å². The predicted octanol–water partition coefficient (Wildman–Crippen LogP) is 16.8. The summed E-state index contributed by atoms with van der Waals surface area (Å²) in [6.45, 7) is 0. The number of benzene rings is 11. The second-order valence-electron chi connectivity index (χ2n) is 16.2.